The summed E-state index contributed by atoms with van der Waals surface area (Å²) in [6.45, 7) is 1.39. The van der Waals surface area contributed by atoms with E-state index in [0.717, 1.165) is 19.4 Å². The second kappa shape index (κ2) is 3.41. The fourth-order valence-corrected chi connectivity index (χ4v) is 1.06. The fraction of sp³-hybridized carbons (Fsp3) is 0.833. The van der Waals surface area contributed by atoms with Crippen molar-refractivity contribution in [3.8, 4) is 0 Å². The largest absolute Gasteiger partial charge is 0.409 e. The van der Waals surface area contributed by atoms with Crippen molar-refractivity contribution in [1.29, 1.82) is 0 Å². The predicted octanol–water partition coefficient (Wildman–Crippen LogP) is 0.159. The summed E-state index contributed by atoms with van der Waals surface area (Å²) in [5.41, 5.74) is 5.37. The van der Waals surface area contributed by atoms with Gasteiger partial charge in [0.25, 0.3) is 0 Å². The van der Waals surface area contributed by atoms with Gasteiger partial charge in [-0.25, -0.2) is 0 Å². The Morgan fingerprint density at radius 2 is 2.50 bits per heavy atom. The number of hydrogen-bond acceptors (Lipinski definition) is 3. The van der Waals surface area contributed by atoms with Gasteiger partial charge in [0.1, 0.15) is 5.84 Å². The number of hydrogen-bond donors (Lipinski definition) is 2. The molecule has 0 aromatic heterocycles. The number of nitrogens with zero attached hydrogens (tertiary/aromatic N) is 1. The zero-order valence-corrected chi connectivity index (χ0v) is 5.79. The van der Waals surface area contributed by atoms with Gasteiger partial charge in [-0.15, -0.1) is 0 Å². The quantitative estimate of drug-likeness (QED) is 0.238. The van der Waals surface area contributed by atoms with E-state index < -0.39 is 0 Å². The third-order valence-electron chi connectivity index (χ3n) is 1.69. The summed E-state index contributed by atoms with van der Waals surface area (Å²) in [6.07, 6.45) is 1.97. The van der Waals surface area contributed by atoms with Crippen LogP contribution in [0.1, 0.15) is 12.8 Å². The molecule has 1 saturated heterocycles. The molecule has 58 valence electrons. The van der Waals surface area contributed by atoms with Gasteiger partial charge in [-0.05, 0) is 12.8 Å². The van der Waals surface area contributed by atoms with Crippen molar-refractivity contribution < 1.29 is 9.94 Å². The minimum Gasteiger partial charge on any atom is -0.409 e. The SMILES string of the molecule is N/C(=N\O)[C@@H]1CCCOC1. The summed E-state index contributed by atoms with van der Waals surface area (Å²) in [7, 11) is 0. The molecule has 0 spiro atoms. The van der Waals surface area contributed by atoms with Crippen LogP contribution < -0.4 is 5.73 Å². The minimum atomic E-state index is 0.124. The molecule has 1 aliphatic heterocycles. The van der Waals surface area contributed by atoms with Crippen LogP contribution in [0.4, 0.5) is 0 Å². The van der Waals surface area contributed by atoms with Crippen molar-refractivity contribution in [2.75, 3.05) is 13.2 Å². The van der Waals surface area contributed by atoms with Crippen LogP contribution in [-0.4, -0.2) is 24.3 Å². The maximum absolute atomic E-state index is 8.29. The molecular formula is C6H12N2O2. The second-order valence-electron chi connectivity index (χ2n) is 2.44. The first-order chi connectivity index (χ1) is 4.84. The highest BCUT2D eigenvalue weighted by Gasteiger charge is 2.17. The number of nitrogens with two attached hydrogens (primary N) is 1. The van der Waals surface area contributed by atoms with E-state index in [2.05, 4.69) is 5.16 Å². The van der Waals surface area contributed by atoms with Crippen LogP contribution in [0, 0.1) is 5.92 Å². The smallest absolute Gasteiger partial charge is 0.144 e. The van der Waals surface area contributed by atoms with E-state index in [1.54, 1.807) is 0 Å². The van der Waals surface area contributed by atoms with E-state index >= 15 is 0 Å². The van der Waals surface area contributed by atoms with Gasteiger partial charge in [-0.1, -0.05) is 5.16 Å². The third kappa shape index (κ3) is 1.60. The molecule has 0 unspecified atom stereocenters. The average molecular weight is 144 g/mol. The molecule has 0 bridgehead atoms. The number of oxime groups is 1. The summed E-state index contributed by atoms with van der Waals surface area (Å²) in [6, 6.07) is 0. The molecule has 0 aromatic rings. The highest BCUT2D eigenvalue weighted by molar-refractivity contribution is 5.82. The molecule has 1 aliphatic rings. The van der Waals surface area contributed by atoms with Gasteiger partial charge in [-0.3, -0.25) is 0 Å². The van der Waals surface area contributed by atoms with Crippen molar-refractivity contribution in [2.24, 2.45) is 16.8 Å². The molecule has 1 heterocycles. The van der Waals surface area contributed by atoms with Crippen LogP contribution in [0.15, 0.2) is 5.16 Å². The fourth-order valence-electron chi connectivity index (χ4n) is 1.06. The van der Waals surface area contributed by atoms with Gasteiger partial charge in [0.2, 0.25) is 0 Å². The molecule has 0 radical (unpaired) electrons. The van der Waals surface area contributed by atoms with Crippen LogP contribution in [0.5, 0.6) is 0 Å². The van der Waals surface area contributed by atoms with Gasteiger partial charge in [0, 0.05) is 12.5 Å². The Kier molecular flexibility index (Phi) is 2.50. The van der Waals surface area contributed by atoms with Crippen molar-refractivity contribution in [3.63, 3.8) is 0 Å². The summed E-state index contributed by atoms with van der Waals surface area (Å²) in [5.74, 6) is 0.415. The molecule has 3 N–H and O–H groups in total. The van der Waals surface area contributed by atoms with E-state index in [0.29, 0.717) is 12.4 Å². The summed E-state index contributed by atoms with van der Waals surface area (Å²) >= 11 is 0. The van der Waals surface area contributed by atoms with Crippen LogP contribution in [-0.2, 0) is 4.74 Å². The van der Waals surface area contributed by atoms with E-state index in [9.17, 15) is 0 Å². The molecule has 1 fully saturated rings. The molecule has 0 amide bonds. The summed E-state index contributed by atoms with van der Waals surface area (Å²) < 4.78 is 5.13. The second-order valence-corrected chi connectivity index (χ2v) is 2.44. The van der Waals surface area contributed by atoms with Gasteiger partial charge in [0.05, 0.1) is 6.61 Å². The topological polar surface area (TPSA) is 67.8 Å². The van der Waals surface area contributed by atoms with Crippen LogP contribution in [0.25, 0.3) is 0 Å². The first kappa shape index (κ1) is 7.34. The number of rotatable bonds is 1. The van der Waals surface area contributed by atoms with Crippen LogP contribution in [0.3, 0.4) is 0 Å². The van der Waals surface area contributed by atoms with Crippen molar-refractivity contribution in [3.05, 3.63) is 0 Å². The lowest BCUT2D eigenvalue weighted by Crippen LogP contribution is -2.30. The predicted molar refractivity (Wildman–Crippen MR) is 37.0 cm³/mol. The zero-order chi connectivity index (χ0) is 7.40. The Morgan fingerprint density at radius 3 is 3.00 bits per heavy atom. The van der Waals surface area contributed by atoms with E-state index in [1.165, 1.54) is 0 Å². The Balaban J connectivity index is 2.39. The maximum Gasteiger partial charge on any atom is 0.144 e. The lowest BCUT2D eigenvalue weighted by Gasteiger charge is -2.20. The molecule has 10 heavy (non-hydrogen) atoms. The average Bonchev–Trinajstić information content (AvgIpc) is 2.05. The van der Waals surface area contributed by atoms with Crippen LogP contribution >= 0.6 is 0 Å². The van der Waals surface area contributed by atoms with Gasteiger partial charge in [0.15, 0.2) is 0 Å². The monoisotopic (exact) mass is 144 g/mol. The highest BCUT2D eigenvalue weighted by atomic mass is 16.5. The van der Waals surface area contributed by atoms with Crippen molar-refractivity contribution in [1.82, 2.24) is 0 Å². The number of ether oxygens (including phenoxy) is 1. The van der Waals surface area contributed by atoms with Gasteiger partial charge >= 0.3 is 0 Å². The minimum absolute atomic E-state index is 0.124. The van der Waals surface area contributed by atoms with Crippen LogP contribution in [0.2, 0.25) is 0 Å². The Bertz CT molecular complexity index is 130. The molecule has 0 saturated carbocycles. The van der Waals surface area contributed by atoms with Crippen molar-refractivity contribution >= 4 is 5.84 Å². The highest BCUT2D eigenvalue weighted by Crippen LogP contribution is 2.12. The molecule has 0 aromatic carbocycles. The molecule has 0 aliphatic carbocycles. The van der Waals surface area contributed by atoms with Gasteiger partial charge < -0.3 is 15.7 Å². The Morgan fingerprint density at radius 1 is 1.70 bits per heavy atom. The molecule has 4 nitrogen and oxygen atoms in total. The van der Waals surface area contributed by atoms with E-state index in [1.807, 2.05) is 0 Å². The Hall–Kier alpha value is -0.770. The van der Waals surface area contributed by atoms with Gasteiger partial charge in [-0.2, -0.15) is 0 Å². The maximum atomic E-state index is 8.29. The lowest BCUT2D eigenvalue weighted by atomic mass is 10.0. The molecular weight excluding hydrogens is 132 g/mol. The standard InChI is InChI=1S/C6H12N2O2/c7-6(8-9)5-2-1-3-10-4-5/h5,9H,1-4H2,(H2,7,8)/t5-/m1/s1. The summed E-state index contributed by atoms with van der Waals surface area (Å²) in [4.78, 5) is 0. The molecule has 4 heteroatoms. The first-order valence-corrected chi connectivity index (χ1v) is 3.39. The molecule has 1 rings (SSSR count). The zero-order valence-electron chi connectivity index (χ0n) is 5.79. The number of amidine groups is 1. The first-order valence-electron chi connectivity index (χ1n) is 3.39. The lowest BCUT2D eigenvalue weighted by molar-refractivity contribution is 0.0754. The van der Waals surface area contributed by atoms with E-state index in [-0.39, 0.29) is 5.92 Å². The molecule has 1 atom stereocenters. The Labute approximate surface area is 59.7 Å². The van der Waals surface area contributed by atoms with Crippen molar-refractivity contribution in [2.45, 2.75) is 12.8 Å². The normalized spacial score (nSPS) is 28.4. The summed E-state index contributed by atoms with van der Waals surface area (Å²) in [5, 5.41) is 11.2. The van der Waals surface area contributed by atoms with E-state index in [4.69, 9.17) is 15.7 Å². The third-order valence-corrected chi connectivity index (χ3v) is 1.69.